The number of nitrogens with zero attached hydrogens (tertiary/aromatic N) is 2. The van der Waals surface area contributed by atoms with Crippen molar-refractivity contribution in [2.24, 2.45) is 0 Å². The highest BCUT2D eigenvalue weighted by Crippen LogP contribution is 2.14. The molecule has 2 rings (SSSR count). The highest BCUT2D eigenvalue weighted by molar-refractivity contribution is 5.06. The van der Waals surface area contributed by atoms with Crippen LogP contribution in [-0.4, -0.2) is 16.2 Å². The normalized spacial score (nSPS) is 17.2. The summed E-state index contributed by atoms with van der Waals surface area (Å²) in [6.45, 7) is 1.89. The van der Waals surface area contributed by atoms with Crippen molar-refractivity contribution in [1.29, 1.82) is 0 Å². The van der Waals surface area contributed by atoms with E-state index in [2.05, 4.69) is 4.98 Å². The van der Waals surface area contributed by atoms with Crippen LogP contribution in [0.25, 0.3) is 0 Å². The van der Waals surface area contributed by atoms with Gasteiger partial charge in [-0.1, -0.05) is 0 Å². The summed E-state index contributed by atoms with van der Waals surface area (Å²) < 4.78 is 7.44. The first-order valence-corrected chi connectivity index (χ1v) is 3.60. The highest BCUT2D eigenvalue weighted by Gasteiger charge is 2.05. The predicted octanol–water partition coefficient (Wildman–Crippen LogP) is 1.06. The van der Waals surface area contributed by atoms with Crippen LogP contribution in [0, 0.1) is 0 Å². The third kappa shape index (κ3) is 0.875. The van der Waals surface area contributed by atoms with E-state index in [1.807, 2.05) is 10.9 Å². The molecule has 3 heteroatoms. The van der Waals surface area contributed by atoms with Gasteiger partial charge in [0.25, 0.3) is 0 Å². The molecular weight excluding hydrogens is 128 g/mol. The lowest BCUT2D eigenvalue weighted by Gasteiger charge is -2.00. The molecule has 1 aliphatic heterocycles. The topological polar surface area (TPSA) is 27.1 Å². The molecule has 1 aliphatic rings. The summed E-state index contributed by atoms with van der Waals surface area (Å²) in [6.07, 6.45) is 5.94. The van der Waals surface area contributed by atoms with Gasteiger partial charge in [0.2, 0.25) is 5.88 Å². The van der Waals surface area contributed by atoms with Gasteiger partial charge in [-0.2, -0.15) is 0 Å². The van der Waals surface area contributed by atoms with E-state index in [9.17, 15) is 0 Å². The predicted molar refractivity (Wildman–Crippen MR) is 37.0 cm³/mol. The molecule has 0 unspecified atom stereocenters. The molecule has 0 fully saturated rings. The smallest absolute Gasteiger partial charge is 0.213 e. The minimum Gasteiger partial charge on any atom is -0.478 e. The Labute approximate surface area is 59.6 Å². The average molecular weight is 138 g/mol. The number of imidazole rings is 1. The van der Waals surface area contributed by atoms with E-state index in [4.69, 9.17) is 4.74 Å². The maximum atomic E-state index is 5.39. The largest absolute Gasteiger partial charge is 0.478 e. The summed E-state index contributed by atoms with van der Waals surface area (Å²) >= 11 is 0. The van der Waals surface area contributed by atoms with Crippen molar-refractivity contribution >= 4 is 0 Å². The van der Waals surface area contributed by atoms with Gasteiger partial charge >= 0.3 is 0 Å². The van der Waals surface area contributed by atoms with Crippen LogP contribution in [-0.2, 0) is 6.54 Å². The van der Waals surface area contributed by atoms with Crippen molar-refractivity contribution in [3.63, 3.8) is 0 Å². The maximum absolute atomic E-state index is 5.39. The minimum atomic E-state index is 0.839. The van der Waals surface area contributed by atoms with E-state index in [1.165, 1.54) is 6.42 Å². The van der Waals surface area contributed by atoms with E-state index in [0.717, 1.165) is 25.5 Å². The molecule has 10 heavy (non-hydrogen) atoms. The van der Waals surface area contributed by atoms with Gasteiger partial charge in [0.1, 0.15) is 0 Å². The fourth-order valence-electron chi connectivity index (χ4n) is 1.16. The number of aryl methyl sites for hydroxylation is 1. The van der Waals surface area contributed by atoms with E-state index in [0.29, 0.717) is 0 Å². The third-order valence-corrected chi connectivity index (χ3v) is 1.72. The van der Waals surface area contributed by atoms with Gasteiger partial charge in [-0.05, 0) is 12.8 Å². The summed E-state index contributed by atoms with van der Waals surface area (Å²) in [5.74, 6) is 0.914. The molecule has 0 aliphatic carbocycles. The SMILES string of the molecule is c1ncn2c1OCCCC2. The molecule has 2 heterocycles. The molecule has 0 aromatic carbocycles. The lowest BCUT2D eigenvalue weighted by Crippen LogP contribution is -1.95. The zero-order valence-electron chi connectivity index (χ0n) is 5.79. The summed E-state index contributed by atoms with van der Waals surface area (Å²) in [6, 6.07) is 0. The molecule has 1 aromatic rings. The van der Waals surface area contributed by atoms with Crippen LogP contribution >= 0.6 is 0 Å². The second-order valence-electron chi connectivity index (χ2n) is 2.48. The van der Waals surface area contributed by atoms with Crippen molar-refractivity contribution in [2.75, 3.05) is 6.61 Å². The first-order chi connectivity index (χ1) is 4.97. The number of hydrogen-bond donors (Lipinski definition) is 0. The zero-order chi connectivity index (χ0) is 6.81. The lowest BCUT2D eigenvalue weighted by atomic mass is 10.3. The Kier molecular flexibility index (Phi) is 1.34. The highest BCUT2D eigenvalue weighted by atomic mass is 16.5. The Balaban J connectivity index is 2.28. The molecule has 1 aromatic heterocycles. The van der Waals surface area contributed by atoms with Gasteiger partial charge in [0.15, 0.2) is 0 Å². The lowest BCUT2D eigenvalue weighted by molar-refractivity contribution is 0.306. The van der Waals surface area contributed by atoms with Crippen LogP contribution in [0.15, 0.2) is 12.5 Å². The zero-order valence-corrected chi connectivity index (χ0v) is 5.79. The van der Waals surface area contributed by atoms with E-state index >= 15 is 0 Å². The van der Waals surface area contributed by atoms with Gasteiger partial charge in [-0.3, -0.25) is 0 Å². The van der Waals surface area contributed by atoms with Gasteiger partial charge < -0.3 is 9.30 Å². The Morgan fingerprint density at radius 2 is 2.50 bits per heavy atom. The molecule has 3 nitrogen and oxygen atoms in total. The Morgan fingerprint density at radius 1 is 1.50 bits per heavy atom. The van der Waals surface area contributed by atoms with Crippen LogP contribution in [0.3, 0.4) is 0 Å². The van der Waals surface area contributed by atoms with Crippen LogP contribution < -0.4 is 4.74 Å². The fourth-order valence-corrected chi connectivity index (χ4v) is 1.16. The van der Waals surface area contributed by atoms with E-state index < -0.39 is 0 Å². The average Bonchev–Trinajstić information content (AvgIpc) is 2.28. The van der Waals surface area contributed by atoms with Gasteiger partial charge in [-0.15, -0.1) is 0 Å². The van der Waals surface area contributed by atoms with Crippen molar-refractivity contribution in [3.05, 3.63) is 12.5 Å². The molecule has 0 saturated heterocycles. The quantitative estimate of drug-likeness (QED) is 0.536. The molecule has 0 saturated carbocycles. The van der Waals surface area contributed by atoms with Crippen LogP contribution in [0.2, 0.25) is 0 Å². The Hall–Kier alpha value is -0.990. The van der Waals surface area contributed by atoms with Crippen LogP contribution in [0.4, 0.5) is 0 Å². The molecule has 0 bridgehead atoms. The summed E-state index contributed by atoms with van der Waals surface area (Å²) in [7, 11) is 0. The molecule has 54 valence electrons. The summed E-state index contributed by atoms with van der Waals surface area (Å²) in [5.41, 5.74) is 0. The van der Waals surface area contributed by atoms with Crippen molar-refractivity contribution < 1.29 is 4.74 Å². The molecule has 0 N–H and O–H groups in total. The summed E-state index contributed by atoms with van der Waals surface area (Å²) in [4.78, 5) is 3.98. The number of fused-ring (bicyclic) bond motifs is 1. The number of hydrogen-bond acceptors (Lipinski definition) is 2. The number of ether oxygens (including phenoxy) is 1. The third-order valence-electron chi connectivity index (χ3n) is 1.72. The molecule has 0 amide bonds. The second-order valence-corrected chi connectivity index (χ2v) is 2.48. The molecule has 0 spiro atoms. The van der Waals surface area contributed by atoms with Gasteiger partial charge in [0.05, 0.1) is 19.1 Å². The molecule has 0 radical (unpaired) electrons. The number of aromatic nitrogens is 2. The van der Waals surface area contributed by atoms with Crippen LogP contribution in [0.1, 0.15) is 12.8 Å². The van der Waals surface area contributed by atoms with Crippen molar-refractivity contribution in [2.45, 2.75) is 19.4 Å². The van der Waals surface area contributed by atoms with Gasteiger partial charge in [0, 0.05) is 6.54 Å². The van der Waals surface area contributed by atoms with Gasteiger partial charge in [-0.25, -0.2) is 4.98 Å². The Morgan fingerprint density at radius 3 is 3.50 bits per heavy atom. The molecule has 0 atom stereocenters. The van der Waals surface area contributed by atoms with Crippen molar-refractivity contribution in [3.8, 4) is 5.88 Å². The second kappa shape index (κ2) is 2.33. The van der Waals surface area contributed by atoms with E-state index in [-0.39, 0.29) is 0 Å². The first-order valence-electron chi connectivity index (χ1n) is 3.60. The Bertz CT molecular complexity index is 199. The minimum absolute atomic E-state index is 0.839. The monoisotopic (exact) mass is 138 g/mol. The fraction of sp³-hybridized carbons (Fsp3) is 0.571. The van der Waals surface area contributed by atoms with Crippen molar-refractivity contribution in [1.82, 2.24) is 9.55 Å². The van der Waals surface area contributed by atoms with E-state index in [1.54, 1.807) is 6.20 Å². The first kappa shape index (κ1) is 5.77. The molecular formula is C7H10N2O. The summed E-state index contributed by atoms with van der Waals surface area (Å²) in [5, 5.41) is 0. The number of rotatable bonds is 0. The van der Waals surface area contributed by atoms with Crippen LogP contribution in [0.5, 0.6) is 5.88 Å². The maximum Gasteiger partial charge on any atom is 0.213 e. The standard InChI is InChI=1S/C7H10N2O/c1-2-4-10-7-5-8-6-9(7)3-1/h5-6H,1-4H2.